The third-order valence-corrected chi connectivity index (χ3v) is 3.99. The number of alkyl halides is 2. The SMILES string of the molecule is CCNC(I)C(N)I. The Bertz CT molecular complexity index is 58.0. The number of rotatable bonds is 3. The fourth-order valence-corrected chi connectivity index (χ4v) is 1.00. The van der Waals surface area contributed by atoms with Crippen molar-refractivity contribution in [3.05, 3.63) is 0 Å². The van der Waals surface area contributed by atoms with Gasteiger partial charge in [0, 0.05) is 0 Å². The number of likely N-dealkylation sites (N-methyl/N-ethyl adjacent to an activating group) is 1. The molecule has 2 unspecified atom stereocenters. The van der Waals surface area contributed by atoms with Crippen LogP contribution in [0.15, 0.2) is 0 Å². The van der Waals surface area contributed by atoms with Crippen molar-refractivity contribution in [2.45, 2.75) is 15.0 Å². The molecule has 0 rings (SSSR count). The van der Waals surface area contributed by atoms with Gasteiger partial charge in [0.2, 0.25) is 0 Å². The highest BCUT2D eigenvalue weighted by atomic mass is 127. The third kappa shape index (κ3) is 4.28. The summed E-state index contributed by atoms with van der Waals surface area (Å²) in [6, 6.07) is 0. The fraction of sp³-hybridized carbons (Fsp3) is 1.00. The first-order chi connectivity index (χ1) is 3.68. The van der Waals surface area contributed by atoms with Gasteiger partial charge in [-0.05, 0) is 6.54 Å². The molecule has 4 heteroatoms. The molecule has 0 saturated carbocycles. The largest absolute Gasteiger partial charge is 0.318 e. The molecule has 0 fully saturated rings. The third-order valence-electron chi connectivity index (χ3n) is 0.679. The molecule has 0 heterocycles. The molecular formula is C4H10I2N2. The van der Waals surface area contributed by atoms with Crippen LogP contribution in [0, 0.1) is 0 Å². The highest BCUT2D eigenvalue weighted by molar-refractivity contribution is 14.1. The van der Waals surface area contributed by atoms with Crippen LogP contribution in [0.3, 0.4) is 0 Å². The lowest BCUT2D eigenvalue weighted by molar-refractivity contribution is 0.690. The van der Waals surface area contributed by atoms with E-state index in [4.69, 9.17) is 5.73 Å². The second-order valence-corrected chi connectivity index (χ2v) is 4.18. The molecule has 0 aromatic rings. The van der Waals surface area contributed by atoms with Gasteiger partial charge in [0.1, 0.15) is 0 Å². The van der Waals surface area contributed by atoms with Gasteiger partial charge in [0.05, 0.1) is 8.10 Å². The van der Waals surface area contributed by atoms with E-state index in [1.807, 2.05) is 0 Å². The van der Waals surface area contributed by atoms with E-state index in [0.717, 1.165) is 6.54 Å². The minimum absolute atomic E-state index is 0.216. The average Bonchev–Trinajstić information content (AvgIpc) is 1.67. The van der Waals surface area contributed by atoms with Crippen molar-refractivity contribution in [3.8, 4) is 0 Å². The van der Waals surface area contributed by atoms with E-state index in [1.165, 1.54) is 0 Å². The highest BCUT2D eigenvalue weighted by Crippen LogP contribution is 2.05. The van der Waals surface area contributed by atoms with Gasteiger partial charge in [0.25, 0.3) is 0 Å². The summed E-state index contributed by atoms with van der Waals surface area (Å²) >= 11 is 4.49. The van der Waals surface area contributed by atoms with Gasteiger partial charge in [0.15, 0.2) is 0 Å². The molecule has 0 radical (unpaired) electrons. The van der Waals surface area contributed by atoms with Crippen LogP contribution in [0.4, 0.5) is 0 Å². The first-order valence-corrected chi connectivity index (χ1v) is 4.94. The maximum absolute atomic E-state index is 5.54. The van der Waals surface area contributed by atoms with Gasteiger partial charge in [-0.15, -0.1) is 0 Å². The minimum Gasteiger partial charge on any atom is -0.318 e. The van der Waals surface area contributed by atoms with Gasteiger partial charge in [-0.3, -0.25) is 0 Å². The fourth-order valence-electron chi connectivity index (χ4n) is 0.308. The number of hydrogen-bond acceptors (Lipinski definition) is 2. The average molecular weight is 340 g/mol. The number of nitrogens with two attached hydrogens (primary N) is 1. The number of halogens is 2. The second-order valence-electron chi connectivity index (χ2n) is 1.40. The molecule has 0 aliphatic rings. The summed E-state index contributed by atoms with van der Waals surface area (Å²) in [7, 11) is 0. The summed E-state index contributed by atoms with van der Waals surface area (Å²) in [6.45, 7) is 3.06. The van der Waals surface area contributed by atoms with Crippen molar-refractivity contribution in [3.63, 3.8) is 0 Å². The van der Waals surface area contributed by atoms with E-state index in [-0.39, 0.29) is 4.05 Å². The smallest absolute Gasteiger partial charge is 0.0840 e. The lowest BCUT2D eigenvalue weighted by atomic mass is 10.6. The quantitative estimate of drug-likeness (QED) is 0.459. The molecule has 0 aliphatic heterocycles. The normalized spacial score (nSPS) is 18.0. The Morgan fingerprint density at radius 1 is 1.62 bits per heavy atom. The Morgan fingerprint density at radius 2 is 2.12 bits per heavy atom. The zero-order valence-corrected chi connectivity index (χ0v) is 9.01. The van der Waals surface area contributed by atoms with Gasteiger partial charge in [-0.2, -0.15) is 0 Å². The molecule has 0 saturated heterocycles. The zero-order valence-electron chi connectivity index (χ0n) is 4.70. The summed E-state index contributed by atoms with van der Waals surface area (Å²) in [6.07, 6.45) is 0. The topological polar surface area (TPSA) is 38.0 Å². The van der Waals surface area contributed by atoms with E-state index in [2.05, 4.69) is 57.4 Å². The van der Waals surface area contributed by atoms with Crippen LogP contribution in [0.5, 0.6) is 0 Å². The molecule has 50 valence electrons. The van der Waals surface area contributed by atoms with E-state index in [1.54, 1.807) is 0 Å². The predicted molar refractivity (Wildman–Crippen MR) is 53.5 cm³/mol. The Hall–Kier alpha value is 1.38. The van der Waals surface area contributed by atoms with Gasteiger partial charge >= 0.3 is 0 Å². The lowest BCUT2D eigenvalue weighted by Crippen LogP contribution is -2.36. The summed E-state index contributed by atoms with van der Waals surface area (Å²) in [5.74, 6) is 0. The van der Waals surface area contributed by atoms with Crippen molar-refractivity contribution >= 4 is 45.2 Å². The molecular weight excluding hydrogens is 330 g/mol. The van der Waals surface area contributed by atoms with Crippen molar-refractivity contribution in [1.29, 1.82) is 0 Å². The Labute approximate surface area is 77.2 Å². The van der Waals surface area contributed by atoms with E-state index in [0.29, 0.717) is 4.05 Å². The zero-order chi connectivity index (χ0) is 6.57. The molecule has 3 N–H and O–H groups in total. The Balaban J connectivity index is 3.17. The summed E-state index contributed by atoms with van der Waals surface area (Å²) in [4.78, 5) is 0. The Morgan fingerprint density at radius 3 is 2.25 bits per heavy atom. The van der Waals surface area contributed by atoms with Gasteiger partial charge in [-0.25, -0.2) is 0 Å². The molecule has 0 aromatic carbocycles. The van der Waals surface area contributed by atoms with Gasteiger partial charge in [-0.1, -0.05) is 52.1 Å². The van der Waals surface area contributed by atoms with E-state index >= 15 is 0 Å². The number of hydrogen-bond donors (Lipinski definition) is 2. The molecule has 2 atom stereocenters. The van der Waals surface area contributed by atoms with Crippen LogP contribution in [-0.4, -0.2) is 14.6 Å². The monoisotopic (exact) mass is 340 g/mol. The predicted octanol–water partition coefficient (Wildman–Crippen LogP) is 1.08. The van der Waals surface area contributed by atoms with Crippen LogP contribution in [0.2, 0.25) is 0 Å². The minimum atomic E-state index is 0.216. The first kappa shape index (κ1) is 9.38. The van der Waals surface area contributed by atoms with Crippen molar-refractivity contribution in [2.24, 2.45) is 5.73 Å². The summed E-state index contributed by atoms with van der Waals surface area (Å²) < 4.78 is 0.617. The van der Waals surface area contributed by atoms with Crippen LogP contribution < -0.4 is 11.1 Å². The van der Waals surface area contributed by atoms with Crippen LogP contribution in [0.1, 0.15) is 6.92 Å². The molecule has 0 spiro atoms. The van der Waals surface area contributed by atoms with Crippen LogP contribution >= 0.6 is 45.2 Å². The van der Waals surface area contributed by atoms with Crippen LogP contribution in [-0.2, 0) is 0 Å². The van der Waals surface area contributed by atoms with Crippen molar-refractivity contribution in [2.75, 3.05) is 6.54 Å². The maximum Gasteiger partial charge on any atom is 0.0840 e. The van der Waals surface area contributed by atoms with Crippen molar-refractivity contribution < 1.29 is 0 Å². The molecule has 8 heavy (non-hydrogen) atoms. The number of nitrogens with one attached hydrogen (secondary N) is 1. The summed E-state index contributed by atoms with van der Waals surface area (Å²) in [5, 5.41) is 3.20. The second kappa shape index (κ2) is 5.19. The van der Waals surface area contributed by atoms with Crippen LogP contribution in [0.25, 0.3) is 0 Å². The maximum atomic E-state index is 5.54. The standard InChI is InChI=1S/C4H10I2N2/c1-2-8-4(6)3(5)7/h3-4,8H,2,7H2,1H3. The molecule has 0 aromatic heterocycles. The molecule has 2 nitrogen and oxygen atoms in total. The lowest BCUT2D eigenvalue weighted by Gasteiger charge is -2.11. The van der Waals surface area contributed by atoms with E-state index in [9.17, 15) is 0 Å². The molecule has 0 bridgehead atoms. The summed E-state index contributed by atoms with van der Waals surface area (Å²) in [5.41, 5.74) is 5.54. The Kier molecular flexibility index (Phi) is 6.08. The highest BCUT2D eigenvalue weighted by Gasteiger charge is 2.06. The molecule has 0 amide bonds. The van der Waals surface area contributed by atoms with Gasteiger partial charge < -0.3 is 11.1 Å². The van der Waals surface area contributed by atoms with E-state index < -0.39 is 0 Å². The van der Waals surface area contributed by atoms with Crippen molar-refractivity contribution in [1.82, 2.24) is 5.32 Å². The first-order valence-electron chi connectivity index (χ1n) is 2.45. The molecule has 0 aliphatic carbocycles.